The van der Waals surface area contributed by atoms with E-state index < -0.39 is 50.4 Å². The summed E-state index contributed by atoms with van der Waals surface area (Å²) in [6.45, 7) is 7.59. The second-order valence-electron chi connectivity index (χ2n) is 11.1. The summed E-state index contributed by atoms with van der Waals surface area (Å²) in [7, 11) is -4.23. The molecule has 0 unspecified atom stereocenters. The molecule has 14 nitrogen and oxygen atoms in total. The third-order valence-electron chi connectivity index (χ3n) is 6.89. The molecule has 15 heteroatoms. The maximum Gasteiger partial charge on any atom is 0.459 e. The van der Waals surface area contributed by atoms with Gasteiger partial charge in [0.1, 0.15) is 35.4 Å². The van der Waals surface area contributed by atoms with Crippen molar-refractivity contribution in [3.05, 3.63) is 42.5 Å². The molecule has 1 aromatic carbocycles. The molecule has 5 rings (SSSR count). The Hall–Kier alpha value is -3.13. The molecule has 1 saturated heterocycles. The first-order chi connectivity index (χ1) is 19.9. The highest BCUT2D eigenvalue weighted by Gasteiger charge is 2.54. The molecule has 3 heterocycles. The molecule has 1 aliphatic heterocycles. The molecule has 6 atom stereocenters. The van der Waals surface area contributed by atoms with Gasteiger partial charge < -0.3 is 29.5 Å². The average molecular weight is 605 g/mol. The molecule has 1 aliphatic carbocycles. The molecule has 228 valence electrons. The van der Waals surface area contributed by atoms with Gasteiger partial charge in [0.05, 0.1) is 19.0 Å². The van der Waals surface area contributed by atoms with Gasteiger partial charge in [0.2, 0.25) is 0 Å². The number of rotatable bonds is 12. The standard InChI is InChI=1S/C27H37N6O8P/c1-15(2)39-25(35)16(3)32-42(37,41-19-9-7-6-8-10-19)38-13-20-22(34)27(5,36)26(40-20)33-14-28-21-23(31-18-11-12-18)29-17(4)30-24(21)33/h6-10,14-16,18,20,22,26,34,36H,11-13H2,1-5H3,(H,32,37)(H,29,30,31)/t16-,20-,22-,26-,27-,42+/m1/s1. The zero-order valence-electron chi connectivity index (χ0n) is 24.1. The van der Waals surface area contributed by atoms with Crippen molar-refractivity contribution in [3.63, 3.8) is 0 Å². The predicted molar refractivity (Wildman–Crippen MR) is 152 cm³/mol. The van der Waals surface area contributed by atoms with Crippen molar-refractivity contribution >= 4 is 30.7 Å². The largest absolute Gasteiger partial charge is 0.462 e. The lowest BCUT2D eigenvalue weighted by Crippen LogP contribution is -2.44. The predicted octanol–water partition coefficient (Wildman–Crippen LogP) is 2.85. The summed E-state index contributed by atoms with van der Waals surface area (Å²) >= 11 is 0. The number of hydrogen-bond acceptors (Lipinski definition) is 12. The fourth-order valence-corrected chi connectivity index (χ4v) is 6.10. The summed E-state index contributed by atoms with van der Waals surface area (Å²) in [6.07, 6.45) is -0.529. The number of nitrogens with one attached hydrogen (secondary N) is 2. The molecule has 1 saturated carbocycles. The normalized spacial score (nSPS) is 26.2. The first-order valence-corrected chi connectivity index (χ1v) is 15.4. The highest BCUT2D eigenvalue weighted by atomic mass is 31.2. The van der Waals surface area contributed by atoms with Gasteiger partial charge in [0.15, 0.2) is 23.2 Å². The number of anilines is 1. The summed E-state index contributed by atoms with van der Waals surface area (Å²) in [5, 5.41) is 28.4. The van der Waals surface area contributed by atoms with Crippen LogP contribution in [0.1, 0.15) is 52.6 Å². The number of ether oxygens (including phenoxy) is 2. The number of esters is 1. The molecular formula is C27H37N6O8P. The van der Waals surface area contributed by atoms with E-state index >= 15 is 0 Å². The first-order valence-electron chi connectivity index (χ1n) is 13.9. The van der Waals surface area contributed by atoms with Crippen molar-refractivity contribution in [2.45, 2.75) is 89.7 Å². The van der Waals surface area contributed by atoms with Crippen LogP contribution in [0.4, 0.5) is 5.82 Å². The van der Waals surface area contributed by atoms with Gasteiger partial charge in [-0.05, 0) is 59.6 Å². The summed E-state index contributed by atoms with van der Waals surface area (Å²) in [5.41, 5.74) is -0.883. The lowest BCUT2D eigenvalue weighted by atomic mass is 9.96. The zero-order chi connectivity index (χ0) is 30.2. The van der Waals surface area contributed by atoms with Crippen LogP contribution in [-0.4, -0.2) is 78.3 Å². The van der Waals surface area contributed by atoms with Crippen LogP contribution in [0.2, 0.25) is 0 Å². The van der Waals surface area contributed by atoms with Crippen LogP contribution in [0, 0.1) is 6.92 Å². The second-order valence-corrected chi connectivity index (χ2v) is 12.8. The Bertz CT molecular complexity index is 1460. The molecular weight excluding hydrogens is 567 g/mol. The number of carbonyl (C=O) groups is 1. The summed E-state index contributed by atoms with van der Waals surface area (Å²) in [6, 6.07) is 7.58. The summed E-state index contributed by atoms with van der Waals surface area (Å²) < 4.78 is 38.1. The van der Waals surface area contributed by atoms with Crippen LogP contribution in [-0.2, 0) is 23.4 Å². The van der Waals surface area contributed by atoms with Gasteiger partial charge >= 0.3 is 13.7 Å². The number of aliphatic hydroxyl groups excluding tert-OH is 1. The van der Waals surface area contributed by atoms with E-state index in [4.69, 9.17) is 18.5 Å². The fourth-order valence-electron chi connectivity index (χ4n) is 4.60. The first kappa shape index (κ1) is 30.3. The number of aliphatic hydroxyl groups is 2. The maximum atomic E-state index is 13.9. The molecule has 0 bridgehead atoms. The minimum absolute atomic E-state index is 0.228. The van der Waals surface area contributed by atoms with E-state index in [1.165, 1.54) is 24.7 Å². The van der Waals surface area contributed by atoms with Crippen LogP contribution < -0.4 is 14.9 Å². The number of hydrogen-bond donors (Lipinski definition) is 4. The fraction of sp³-hybridized carbons (Fsp3) is 0.556. The van der Waals surface area contributed by atoms with Gasteiger partial charge in [-0.25, -0.2) is 19.5 Å². The quantitative estimate of drug-likeness (QED) is 0.175. The molecule has 2 aliphatic rings. The Morgan fingerprint density at radius 2 is 1.95 bits per heavy atom. The molecule has 42 heavy (non-hydrogen) atoms. The Kier molecular flexibility index (Phi) is 8.57. The number of imidazole rings is 1. The lowest BCUT2D eigenvalue weighted by Gasteiger charge is -2.27. The number of fused-ring (bicyclic) bond motifs is 1. The summed E-state index contributed by atoms with van der Waals surface area (Å²) in [5.74, 6) is 0.671. The Morgan fingerprint density at radius 1 is 1.24 bits per heavy atom. The van der Waals surface area contributed by atoms with Crippen LogP contribution >= 0.6 is 7.75 Å². The zero-order valence-corrected chi connectivity index (χ0v) is 25.0. The van der Waals surface area contributed by atoms with Crippen molar-refractivity contribution < 1.29 is 38.1 Å². The van der Waals surface area contributed by atoms with E-state index in [0.717, 1.165) is 12.8 Å². The maximum absolute atomic E-state index is 13.9. The number of carbonyl (C=O) groups excluding carboxylic acids is 1. The topological polar surface area (TPSA) is 179 Å². The minimum Gasteiger partial charge on any atom is -0.462 e. The van der Waals surface area contributed by atoms with E-state index in [-0.39, 0.29) is 11.9 Å². The van der Waals surface area contributed by atoms with Gasteiger partial charge in [-0.1, -0.05) is 18.2 Å². The third kappa shape index (κ3) is 6.59. The van der Waals surface area contributed by atoms with Crippen LogP contribution in [0.25, 0.3) is 11.2 Å². The molecule has 0 spiro atoms. The minimum atomic E-state index is -4.23. The van der Waals surface area contributed by atoms with E-state index in [1.54, 1.807) is 51.1 Å². The Balaban J connectivity index is 1.36. The Labute approximate surface area is 243 Å². The molecule has 2 fully saturated rings. The third-order valence-corrected chi connectivity index (χ3v) is 8.54. The van der Waals surface area contributed by atoms with Crippen molar-refractivity contribution in [2.75, 3.05) is 11.9 Å². The van der Waals surface area contributed by atoms with E-state index in [2.05, 4.69) is 25.4 Å². The summed E-state index contributed by atoms with van der Waals surface area (Å²) in [4.78, 5) is 25.9. The number of para-hydroxylation sites is 1. The van der Waals surface area contributed by atoms with Gasteiger partial charge in [0, 0.05) is 6.04 Å². The number of aryl methyl sites for hydroxylation is 1. The highest BCUT2D eigenvalue weighted by molar-refractivity contribution is 7.52. The highest BCUT2D eigenvalue weighted by Crippen LogP contribution is 2.47. The van der Waals surface area contributed by atoms with Gasteiger partial charge in [-0.15, -0.1) is 0 Å². The lowest BCUT2D eigenvalue weighted by molar-refractivity contribution is -0.149. The molecule has 4 N–H and O–H groups in total. The van der Waals surface area contributed by atoms with Gasteiger partial charge in [0.25, 0.3) is 0 Å². The molecule has 0 radical (unpaired) electrons. The van der Waals surface area contributed by atoms with Crippen molar-refractivity contribution in [3.8, 4) is 5.75 Å². The smallest absolute Gasteiger partial charge is 0.459 e. The molecule has 3 aromatic rings. The number of nitrogens with zero attached hydrogens (tertiary/aromatic N) is 4. The average Bonchev–Trinajstić information content (AvgIpc) is 3.59. The number of benzene rings is 1. The van der Waals surface area contributed by atoms with Crippen molar-refractivity contribution in [1.82, 2.24) is 24.6 Å². The van der Waals surface area contributed by atoms with Crippen LogP contribution in [0.15, 0.2) is 36.7 Å². The van der Waals surface area contributed by atoms with E-state index in [1.807, 2.05) is 0 Å². The van der Waals surface area contributed by atoms with E-state index in [0.29, 0.717) is 28.8 Å². The monoisotopic (exact) mass is 604 g/mol. The van der Waals surface area contributed by atoms with E-state index in [9.17, 15) is 19.6 Å². The van der Waals surface area contributed by atoms with Crippen LogP contribution in [0.5, 0.6) is 5.75 Å². The van der Waals surface area contributed by atoms with Gasteiger partial charge in [-0.3, -0.25) is 13.9 Å². The molecule has 2 aromatic heterocycles. The van der Waals surface area contributed by atoms with Gasteiger partial charge in [-0.2, -0.15) is 5.09 Å². The van der Waals surface area contributed by atoms with Crippen molar-refractivity contribution in [2.24, 2.45) is 0 Å². The van der Waals surface area contributed by atoms with Crippen LogP contribution in [0.3, 0.4) is 0 Å². The second kappa shape index (κ2) is 11.9. The molecule has 0 amide bonds. The SMILES string of the molecule is Cc1nc(NC2CC2)c2ncn([C@@H]3O[C@H](CO[P@@](=O)(N[C@H](C)C(=O)OC(C)C)Oc4ccccc4)[C@@H](O)[C@@]3(C)O)c2n1. The number of aromatic nitrogens is 4. The Morgan fingerprint density at radius 3 is 2.62 bits per heavy atom. The van der Waals surface area contributed by atoms with Crippen molar-refractivity contribution in [1.29, 1.82) is 0 Å².